The van der Waals surface area contributed by atoms with Gasteiger partial charge in [0.15, 0.2) is 0 Å². The van der Waals surface area contributed by atoms with Gasteiger partial charge in [-0.15, -0.1) is 0 Å². The Bertz CT molecular complexity index is 755. The van der Waals surface area contributed by atoms with Crippen molar-refractivity contribution in [1.29, 1.82) is 5.26 Å². The van der Waals surface area contributed by atoms with Crippen LogP contribution >= 0.6 is 0 Å². The van der Waals surface area contributed by atoms with Crippen LogP contribution in [0.3, 0.4) is 0 Å². The molecule has 0 radical (unpaired) electrons. The highest BCUT2D eigenvalue weighted by atomic mass is 16.2. The first-order valence-electron chi connectivity index (χ1n) is 6.70. The van der Waals surface area contributed by atoms with Gasteiger partial charge in [0.1, 0.15) is 0 Å². The average Bonchev–Trinajstić information content (AvgIpc) is 2.51. The molecule has 0 atom stereocenters. The Hall–Kier alpha value is -3.13. The third kappa shape index (κ3) is 3.49. The zero-order valence-electron chi connectivity index (χ0n) is 12.3. The molecule has 2 aromatic rings. The molecule has 0 spiro atoms. The summed E-state index contributed by atoms with van der Waals surface area (Å²) in [7, 11) is 0. The van der Waals surface area contributed by atoms with E-state index in [9.17, 15) is 9.59 Å². The molecule has 2 aromatic carbocycles. The SMILES string of the molecule is Cc1cccc(C)c1NC(=O)C(=O)Nc1cccc(C#N)c1. The number of nitrogens with zero attached hydrogens (tertiary/aromatic N) is 1. The predicted octanol–water partition coefficient (Wildman–Crippen LogP) is 2.75. The molecular formula is C17H15N3O2. The van der Waals surface area contributed by atoms with E-state index in [2.05, 4.69) is 10.6 Å². The van der Waals surface area contributed by atoms with Crippen LogP contribution in [0.1, 0.15) is 16.7 Å². The topological polar surface area (TPSA) is 82.0 Å². The van der Waals surface area contributed by atoms with Crippen LogP contribution in [-0.2, 0) is 9.59 Å². The van der Waals surface area contributed by atoms with Gasteiger partial charge in [-0.1, -0.05) is 24.3 Å². The molecule has 5 heteroatoms. The number of carbonyl (C=O) groups excluding carboxylic acids is 2. The first-order valence-corrected chi connectivity index (χ1v) is 6.70. The molecule has 22 heavy (non-hydrogen) atoms. The summed E-state index contributed by atoms with van der Waals surface area (Å²) in [5.74, 6) is -1.53. The summed E-state index contributed by atoms with van der Waals surface area (Å²) in [5, 5.41) is 13.9. The minimum Gasteiger partial charge on any atom is -0.318 e. The largest absolute Gasteiger partial charge is 0.318 e. The van der Waals surface area contributed by atoms with E-state index >= 15 is 0 Å². The minimum atomic E-state index is -0.780. The fourth-order valence-electron chi connectivity index (χ4n) is 2.04. The molecule has 0 unspecified atom stereocenters. The molecule has 0 aliphatic rings. The second-order valence-corrected chi connectivity index (χ2v) is 4.87. The Balaban J connectivity index is 2.10. The predicted molar refractivity (Wildman–Crippen MR) is 84.3 cm³/mol. The number of nitrogens with one attached hydrogen (secondary N) is 2. The number of para-hydroxylation sites is 1. The van der Waals surface area contributed by atoms with E-state index in [1.165, 1.54) is 6.07 Å². The number of hydrogen-bond acceptors (Lipinski definition) is 3. The molecule has 0 bridgehead atoms. The van der Waals surface area contributed by atoms with Gasteiger partial charge in [0.2, 0.25) is 0 Å². The molecular weight excluding hydrogens is 278 g/mol. The lowest BCUT2D eigenvalue weighted by Crippen LogP contribution is -2.29. The molecule has 2 N–H and O–H groups in total. The van der Waals surface area contributed by atoms with E-state index in [1.54, 1.807) is 18.2 Å². The molecule has 0 aromatic heterocycles. The third-order valence-electron chi connectivity index (χ3n) is 3.18. The standard InChI is InChI=1S/C17H15N3O2/c1-11-5-3-6-12(2)15(11)20-17(22)16(21)19-14-8-4-7-13(9-14)10-18/h3-9H,1-2H3,(H,19,21)(H,20,22). The van der Waals surface area contributed by atoms with Crippen molar-refractivity contribution in [2.75, 3.05) is 10.6 Å². The number of hydrogen-bond donors (Lipinski definition) is 2. The average molecular weight is 293 g/mol. The summed E-state index contributed by atoms with van der Waals surface area (Å²) in [5.41, 5.74) is 3.21. The van der Waals surface area contributed by atoms with Crippen LogP contribution in [0.15, 0.2) is 42.5 Å². The number of aryl methyl sites for hydroxylation is 2. The maximum absolute atomic E-state index is 12.0. The fraction of sp³-hybridized carbons (Fsp3) is 0.118. The van der Waals surface area contributed by atoms with E-state index in [0.29, 0.717) is 16.9 Å². The van der Waals surface area contributed by atoms with Crippen molar-refractivity contribution in [2.45, 2.75) is 13.8 Å². The van der Waals surface area contributed by atoms with Crippen LogP contribution < -0.4 is 10.6 Å². The van der Waals surface area contributed by atoms with Gasteiger partial charge in [-0.05, 0) is 43.2 Å². The van der Waals surface area contributed by atoms with Crippen LogP contribution in [0.2, 0.25) is 0 Å². The molecule has 0 saturated heterocycles. The first-order chi connectivity index (χ1) is 10.5. The lowest BCUT2D eigenvalue weighted by Gasteiger charge is -2.11. The number of nitriles is 1. The molecule has 110 valence electrons. The molecule has 0 saturated carbocycles. The van der Waals surface area contributed by atoms with Crippen molar-refractivity contribution in [3.05, 3.63) is 59.2 Å². The summed E-state index contributed by atoms with van der Waals surface area (Å²) < 4.78 is 0. The van der Waals surface area contributed by atoms with E-state index < -0.39 is 11.8 Å². The Kier molecular flexibility index (Phi) is 4.54. The number of benzene rings is 2. The van der Waals surface area contributed by atoms with Crippen LogP contribution in [0.5, 0.6) is 0 Å². The highest BCUT2D eigenvalue weighted by Gasteiger charge is 2.16. The van der Waals surface area contributed by atoms with E-state index in [4.69, 9.17) is 5.26 Å². The van der Waals surface area contributed by atoms with Crippen molar-refractivity contribution in [2.24, 2.45) is 0 Å². The maximum atomic E-state index is 12.0. The summed E-state index contributed by atoms with van der Waals surface area (Å²) >= 11 is 0. The van der Waals surface area contributed by atoms with Crippen molar-refractivity contribution in [3.8, 4) is 6.07 Å². The van der Waals surface area contributed by atoms with Crippen molar-refractivity contribution < 1.29 is 9.59 Å². The third-order valence-corrected chi connectivity index (χ3v) is 3.18. The zero-order chi connectivity index (χ0) is 16.1. The van der Waals surface area contributed by atoms with Gasteiger partial charge in [0.25, 0.3) is 0 Å². The summed E-state index contributed by atoms with van der Waals surface area (Å²) in [6, 6.07) is 13.9. The number of anilines is 2. The smallest absolute Gasteiger partial charge is 0.314 e. The molecule has 0 fully saturated rings. The van der Waals surface area contributed by atoms with Crippen LogP contribution in [0.4, 0.5) is 11.4 Å². The van der Waals surface area contributed by atoms with E-state index in [-0.39, 0.29) is 0 Å². The van der Waals surface area contributed by atoms with E-state index in [1.807, 2.05) is 38.1 Å². The van der Waals surface area contributed by atoms with Crippen LogP contribution in [-0.4, -0.2) is 11.8 Å². The summed E-state index contributed by atoms with van der Waals surface area (Å²) in [6.45, 7) is 3.72. The summed E-state index contributed by atoms with van der Waals surface area (Å²) in [6.07, 6.45) is 0. The van der Waals surface area contributed by atoms with Gasteiger partial charge in [-0.2, -0.15) is 5.26 Å². The second-order valence-electron chi connectivity index (χ2n) is 4.87. The van der Waals surface area contributed by atoms with Gasteiger partial charge in [0.05, 0.1) is 11.6 Å². The number of amides is 2. The fourth-order valence-corrected chi connectivity index (χ4v) is 2.04. The van der Waals surface area contributed by atoms with Gasteiger partial charge >= 0.3 is 11.8 Å². The Morgan fingerprint density at radius 2 is 1.55 bits per heavy atom. The Labute approximate surface area is 128 Å². The maximum Gasteiger partial charge on any atom is 0.314 e. The normalized spacial score (nSPS) is 9.68. The van der Waals surface area contributed by atoms with Crippen molar-refractivity contribution >= 4 is 23.2 Å². The Morgan fingerprint density at radius 3 is 2.18 bits per heavy atom. The highest BCUT2D eigenvalue weighted by Crippen LogP contribution is 2.19. The molecule has 2 rings (SSSR count). The molecule has 0 aliphatic heterocycles. The number of rotatable bonds is 2. The van der Waals surface area contributed by atoms with Gasteiger partial charge < -0.3 is 10.6 Å². The number of carbonyl (C=O) groups is 2. The van der Waals surface area contributed by atoms with E-state index in [0.717, 1.165) is 11.1 Å². The molecule has 0 aliphatic carbocycles. The van der Waals surface area contributed by atoms with Crippen molar-refractivity contribution in [1.82, 2.24) is 0 Å². The van der Waals surface area contributed by atoms with Crippen molar-refractivity contribution in [3.63, 3.8) is 0 Å². The summed E-state index contributed by atoms with van der Waals surface area (Å²) in [4.78, 5) is 23.9. The van der Waals surface area contributed by atoms with Gasteiger partial charge in [-0.25, -0.2) is 0 Å². The monoisotopic (exact) mass is 293 g/mol. The molecule has 2 amide bonds. The lowest BCUT2D eigenvalue weighted by molar-refractivity contribution is -0.133. The second kappa shape index (κ2) is 6.55. The zero-order valence-corrected chi connectivity index (χ0v) is 12.3. The quantitative estimate of drug-likeness (QED) is 0.835. The van der Waals surface area contributed by atoms with Gasteiger partial charge in [0, 0.05) is 11.4 Å². The molecule has 0 heterocycles. The van der Waals surface area contributed by atoms with Crippen LogP contribution in [0, 0.1) is 25.2 Å². The minimum absolute atomic E-state index is 0.403. The van der Waals surface area contributed by atoms with Gasteiger partial charge in [-0.3, -0.25) is 9.59 Å². The van der Waals surface area contributed by atoms with Crippen LogP contribution in [0.25, 0.3) is 0 Å². The first kappa shape index (κ1) is 15.3. The molecule has 5 nitrogen and oxygen atoms in total. The Morgan fingerprint density at radius 1 is 0.955 bits per heavy atom. The highest BCUT2D eigenvalue weighted by molar-refractivity contribution is 6.43. The lowest BCUT2D eigenvalue weighted by atomic mass is 10.1.